The third-order valence-electron chi connectivity index (χ3n) is 4.64. The number of pyridine rings is 1. The maximum absolute atomic E-state index is 12.4. The number of aromatic nitrogens is 3. The van der Waals surface area contributed by atoms with Crippen LogP contribution in [0.5, 0.6) is 0 Å². The number of rotatable bonds is 3. The minimum Gasteiger partial charge on any atom is -0.309 e. The quantitative estimate of drug-likeness (QED) is 0.772. The number of amides is 1. The van der Waals surface area contributed by atoms with Crippen LogP contribution in [0.4, 0.5) is 5.82 Å². The second kappa shape index (κ2) is 6.64. The molecular weight excluding hydrogens is 314 g/mol. The minimum atomic E-state index is -0.118. The molecule has 0 aliphatic carbocycles. The van der Waals surface area contributed by atoms with Gasteiger partial charge in [-0.3, -0.25) is 9.48 Å². The Morgan fingerprint density at radius 1 is 1.20 bits per heavy atom. The average Bonchev–Trinajstić information content (AvgIpc) is 3.08. The molecule has 0 bridgehead atoms. The lowest BCUT2D eigenvalue weighted by molar-refractivity contribution is -0.118. The highest BCUT2D eigenvalue weighted by molar-refractivity contribution is 5.96. The van der Waals surface area contributed by atoms with Crippen molar-refractivity contribution in [2.75, 3.05) is 11.9 Å². The van der Waals surface area contributed by atoms with Gasteiger partial charge in [-0.2, -0.15) is 5.10 Å². The smallest absolute Gasteiger partial charge is 0.242 e. The van der Waals surface area contributed by atoms with Gasteiger partial charge in [0.15, 0.2) is 0 Å². The molecule has 1 aliphatic rings. The second-order valence-electron chi connectivity index (χ2n) is 6.53. The summed E-state index contributed by atoms with van der Waals surface area (Å²) in [7, 11) is 1.90. The van der Waals surface area contributed by atoms with Gasteiger partial charge in [-0.15, -0.1) is 0 Å². The van der Waals surface area contributed by atoms with Crippen LogP contribution >= 0.6 is 0 Å². The van der Waals surface area contributed by atoms with E-state index in [0.717, 1.165) is 47.7 Å². The van der Waals surface area contributed by atoms with Crippen LogP contribution in [-0.4, -0.2) is 33.3 Å². The van der Waals surface area contributed by atoms with Gasteiger partial charge < -0.3 is 10.6 Å². The molecule has 0 saturated carbocycles. The second-order valence-corrected chi connectivity index (χ2v) is 6.53. The zero-order valence-corrected chi connectivity index (χ0v) is 14.2. The van der Waals surface area contributed by atoms with E-state index in [4.69, 9.17) is 0 Å². The Bertz CT molecular complexity index is 911. The van der Waals surface area contributed by atoms with Crippen molar-refractivity contribution in [1.29, 1.82) is 0 Å². The number of aryl methyl sites for hydroxylation is 1. The van der Waals surface area contributed by atoms with Crippen molar-refractivity contribution >= 4 is 22.5 Å². The largest absolute Gasteiger partial charge is 0.309 e. The molecular formula is C19H21N5O. The van der Waals surface area contributed by atoms with E-state index >= 15 is 0 Å². The molecule has 1 unspecified atom stereocenters. The number of hydrogen-bond acceptors (Lipinski definition) is 4. The molecule has 6 heteroatoms. The minimum absolute atomic E-state index is 0.00466. The van der Waals surface area contributed by atoms with Gasteiger partial charge in [0.05, 0.1) is 12.2 Å². The summed E-state index contributed by atoms with van der Waals surface area (Å²) in [4.78, 5) is 16.7. The summed E-state index contributed by atoms with van der Waals surface area (Å²) in [6.45, 7) is 0.901. The normalized spacial score (nSPS) is 17.6. The maximum atomic E-state index is 12.4. The van der Waals surface area contributed by atoms with Crippen LogP contribution in [-0.2, 0) is 11.8 Å². The Morgan fingerprint density at radius 2 is 2.12 bits per heavy atom. The van der Waals surface area contributed by atoms with E-state index in [1.54, 1.807) is 10.9 Å². The number of anilines is 1. The molecule has 1 aromatic carbocycles. The summed E-state index contributed by atoms with van der Waals surface area (Å²) < 4.78 is 1.79. The first-order valence-corrected chi connectivity index (χ1v) is 8.62. The van der Waals surface area contributed by atoms with Crippen molar-refractivity contribution in [2.24, 2.45) is 7.05 Å². The van der Waals surface area contributed by atoms with Crippen molar-refractivity contribution in [1.82, 2.24) is 20.1 Å². The molecule has 3 heterocycles. The first-order valence-electron chi connectivity index (χ1n) is 8.62. The first-order chi connectivity index (χ1) is 12.2. The number of benzene rings is 1. The van der Waals surface area contributed by atoms with Gasteiger partial charge in [0, 0.05) is 30.4 Å². The summed E-state index contributed by atoms with van der Waals surface area (Å²) in [5, 5.41) is 12.5. The lowest BCUT2D eigenvalue weighted by Gasteiger charge is -2.22. The predicted molar refractivity (Wildman–Crippen MR) is 98.2 cm³/mol. The van der Waals surface area contributed by atoms with E-state index in [2.05, 4.69) is 32.8 Å². The van der Waals surface area contributed by atoms with Crippen molar-refractivity contribution in [3.8, 4) is 11.1 Å². The van der Waals surface area contributed by atoms with Gasteiger partial charge in [-0.25, -0.2) is 4.98 Å². The van der Waals surface area contributed by atoms with Crippen LogP contribution in [0, 0.1) is 0 Å². The van der Waals surface area contributed by atoms with Crippen molar-refractivity contribution < 1.29 is 4.79 Å². The zero-order valence-electron chi connectivity index (χ0n) is 14.2. The fourth-order valence-corrected chi connectivity index (χ4v) is 3.25. The number of carbonyl (C=O) groups is 1. The maximum Gasteiger partial charge on any atom is 0.242 e. The number of piperidine rings is 1. The van der Waals surface area contributed by atoms with Crippen molar-refractivity contribution in [3.05, 3.63) is 42.9 Å². The lowest BCUT2D eigenvalue weighted by Crippen LogP contribution is -2.43. The zero-order chi connectivity index (χ0) is 17.2. The van der Waals surface area contributed by atoms with Gasteiger partial charge in [0.25, 0.3) is 0 Å². The predicted octanol–water partition coefficient (Wildman–Crippen LogP) is 2.72. The van der Waals surface area contributed by atoms with Crippen LogP contribution < -0.4 is 10.6 Å². The standard InChI is InChI=1S/C19H21N5O/c1-24-12-16(11-22-24)13-5-6-14-10-21-18(9-15(14)8-13)23-19(25)17-4-2-3-7-20-17/h5-6,8-12,17,20H,2-4,7H2,1H3,(H,21,23,25). The molecule has 1 saturated heterocycles. The van der Waals surface area contributed by atoms with E-state index < -0.39 is 0 Å². The molecule has 2 aromatic heterocycles. The number of nitrogens with one attached hydrogen (secondary N) is 2. The molecule has 1 amide bonds. The SMILES string of the molecule is Cn1cc(-c2ccc3cnc(NC(=O)C4CCCCN4)cc3c2)cn1. The van der Waals surface area contributed by atoms with Gasteiger partial charge in [0.2, 0.25) is 5.91 Å². The Morgan fingerprint density at radius 3 is 2.88 bits per heavy atom. The van der Waals surface area contributed by atoms with Gasteiger partial charge >= 0.3 is 0 Å². The molecule has 3 aromatic rings. The highest BCUT2D eigenvalue weighted by atomic mass is 16.2. The van der Waals surface area contributed by atoms with Crippen LogP contribution in [0.2, 0.25) is 0 Å². The van der Waals surface area contributed by atoms with E-state index in [0.29, 0.717) is 5.82 Å². The van der Waals surface area contributed by atoms with Crippen LogP contribution in [0.3, 0.4) is 0 Å². The molecule has 6 nitrogen and oxygen atoms in total. The van der Waals surface area contributed by atoms with Crippen LogP contribution in [0.1, 0.15) is 19.3 Å². The van der Waals surface area contributed by atoms with Crippen molar-refractivity contribution in [2.45, 2.75) is 25.3 Å². The van der Waals surface area contributed by atoms with Gasteiger partial charge in [-0.1, -0.05) is 18.6 Å². The molecule has 1 fully saturated rings. The summed E-state index contributed by atoms with van der Waals surface area (Å²) in [6.07, 6.45) is 8.73. The molecule has 0 spiro atoms. The first kappa shape index (κ1) is 15.8. The van der Waals surface area contributed by atoms with E-state index in [9.17, 15) is 4.79 Å². The molecule has 4 rings (SSSR count). The summed E-state index contributed by atoms with van der Waals surface area (Å²) in [6, 6.07) is 8.01. The Labute approximate surface area is 146 Å². The van der Waals surface area contributed by atoms with Crippen molar-refractivity contribution in [3.63, 3.8) is 0 Å². The van der Waals surface area contributed by atoms with E-state index in [-0.39, 0.29) is 11.9 Å². The Balaban J connectivity index is 1.59. The average molecular weight is 335 g/mol. The summed E-state index contributed by atoms with van der Waals surface area (Å²) >= 11 is 0. The number of carbonyl (C=O) groups excluding carboxylic acids is 1. The van der Waals surface area contributed by atoms with Gasteiger partial charge in [0.1, 0.15) is 5.82 Å². The number of hydrogen-bond donors (Lipinski definition) is 2. The van der Waals surface area contributed by atoms with Crippen LogP contribution in [0.15, 0.2) is 42.9 Å². The highest BCUT2D eigenvalue weighted by Gasteiger charge is 2.20. The number of nitrogens with zero attached hydrogens (tertiary/aromatic N) is 3. The summed E-state index contributed by atoms with van der Waals surface area (Å²) in [5.41, 5.74) is 2.16. The fourth-order valence-electron chi connectivity index (χ4n) is 3.25. The molecule has 2 N–H and O–H groups in total. The number of fused-ring (bicyclic) bond motifs is 1. The molecule has 0 radical (unpaired) electrons. The highest BCUT2D eigenvalue weighted by Crippen LogP contribution is 2.25. The molecule has 25 heavy (non-hydrogen) atoms. The molecule has 128 valence electrons. The molecule has 1 atom stereocenters. The Kier molecular flexibility index (Phi) is 4.19. The summed E-state index contributed by atoms with van der Waals surface area (Å²) in [5.74, 6) is 0.586. The van der Waals surface area contributed by atoms with Gasteiger partial charge in [-0.05, 0) is 42.5 Å². The monoisotopic (exact) mass is 335 g/mol. The fraction of sp³-hybridized carbons (Fsp3) is 0.316. The van der Waals surface area contributed by atoms with E-state index in [1.165, 1.54) is 0 Å². The van der Waals surface area contributed by atoms with E-state index in [1.807, 2.05) is 31.6 Å². The van der Waals surface area contributed by atoms with Crippen LogP contribution in [0.25, 0.3) is 21.9 Å². The third-order valence-corrected chi connectivity index (χ3v) is 4.64. The Hall–Kier alpha value is -2.73. The molecule has 1 aliphatic heterocycles. The topological polar surface area (TPSA) is 71.8 Å². The third kappa shape index (κ3) is 3.39. The lowest BCUT2D eigenvalue weighted by atomic mass is 10.0.